The summed E-state index contributed by atoms with van der Waals surface area (Å²) in [6.07, 6.45) is 0. The Labute approximate surface area is 52.2 Å². The van der Waals surface area contributed by atoms with Crippen LogP contribution in [0.5, 0.6) is 0 Å². The second kappa shape index (κ2) is 4.28. The molecule has 0 heterocycles. The molecule has 0 fully saturated rings. The quantitative estimate of drug-likeness (QED) is 0.142. The van der Waals surface area contributed by atoms with Crippen LogP contribution >= 0.6 is 24.8 Å². The highest BCUT2D eigenvalue weighted by molar-refractivity contribution is 8.11. The number of thiol groups is 1. The monoisotopic (exact) mass is 138 g/mol. The van der Waals surface area contributed by atoms with Crippen molar-refractivity contribution in [2.24, 2.45) is 5.84 Å². The van der Waals surface area contributed by atoms with Gasteiger partial charge in [-0.1, -0.05) is 12.2 Å². The molecule has 0 aliphatic carbocycles. The number of hydrogen-bond acceptors (Lipinski definition) is 4. The zero-order valence-electron chi connectivity index (χ0n) is 3.43. The molecule has 0 rings (SSSR count). The van der Waals surface area contributed by atoms with E-state index < -0.39 is 0 Å². The van der Waals surface area contributed by atoms with E-state index in [4.69, 9.17) is 5.84 Å². The van der Waals surface area contributed by atoms with Crippen molar-refractivity contribution in [1.82, 2.24) is 16.5 Å². The summed E-state index contributed by atoms with van der Waals surface area (Å²) in [5.74, 6) is 4.76. The van der Waals surface area contributed by atoms with Crippen molar-refractivity contribution in [3.63, 3.8) is 0 Å². The van der Waals surface area contributed by atoms with Gasteiger partial charge in [-0.2, -0.15) is 11.1 Å². The van der Waals surface area contributed by atoms with Crippen LogP contribution in [0.3, 0.4) is 0 Å². The van der Waals surface area contributed by atoms with Gasteiger partial charge in [-0.3, -0.25) is 11.3 Å². The molecule has 0 aromatic carbocycles. The standard InChI is InChI=1S/CH6N4S2/c2-4-5-3-1(6)7/h4-5H,2H2,(H2,3,6,7). The van der Waals surface area contributed by atoms with Crippen molar-refractivity contribution >= 4 is 29.2 Å². The molecule has 0 amide bonds. The summed E-state index contributed by atoms with van der Waals surface area (Å²) in [4.78, 5) is 0. The fraction of sp³-hybridized carbons (Fsp3) is 0. The minimum absolute atomic E-state index is 0.331. The van der Waals surface area contributed by atoms with Gasteiger partial charge in [0.2, 0.25) is 0 Å². The van der Waals surface area contributed by atoms with E-state index in [1.807, 2.05) is 0 Å². The predicted octanol–water partition coefficient (Wildman–Crippen LogP) is -1.33. The Kier molecular flexibility index (Phi) is 4.36. The molecule has 0 aromatic rings. The van der Waals surface area contributed by atoms with E-state index in [1.54, 1.807) is 0 Å². The number of thiocarbonyl (C=S) groups is 1. The lowest BCUT2D eigenvalue weighted by molar-refractivity contribution is 0.529. The Morgan fingerprint density at radius 3 is 2.43 bits per heavy atom. The summed E-state index contributed by atoms with van der Waals surface area (Å²) in [6.45, 7) is 0. The third kappa shape index (κ3) is 6.12. The molecule has 0 aliphatic heterocycles. The van der Waals surface area contributed by atoms with E-state index in [9.17, 15) is 0 Å². The normalized spacial score (nSPS) is 8.29. The number of nitrogens with two attached hydrogens (primary N) is 1. The molecule has 0 atom stereocenters. The molecule has 0 spiro atoms. The summed E-state index contributed by atoms with van der Waals surface area (Å²) in [7, 11) is 0. The van der Waals surface area contributed by atoms with Gasteiger partial charge in [-0.25, -0.2) is 0 Å². The average molecular weight is 138 g/mol. The molecule has 0 aliphatic rings. The molecule has 4 nitrogen and oxygen atoms in total. The van der Waals surface area contributed by atoms with Crippen molar-refractivity contribution in [3.05, 3.63) is 0 Å². The van der Waals surface area contributed by atoms with Crippen LogP contribution in [0.15, 0.2) is 0 Å². The van der Waals surface area contributed by atoms with Gasteiger partial charge in [-0.15, -0.1) is 12.6 Å². The Bertz CT molecular complexity index is 62.7. The second-order valence-corrected chi connectivity index (χ2v) is 1.86. The van der Waals surface area contributed by atoms with Crippen molar-refractivity contribution < 1.29 is 0 Å². The van der Waals surface area contributed by atoms with Gasteiger partial charge in [0.1, 0.15) is 4.32 Å². The Hall–Kier alpha value is 0.120. The molecule has 42 valence electrons. The zero-order valence-corrected chi connectivity index (χ0v) is 5.14. The van der Waals surface area contributed by atoms with Crippen LogP contribution in [0.1, 0.15) is 0 Å². The summed E-state index contributed by atoms with van der Waals surface area (Å²) in [6, 6.07) is 0. The molecular weight excluding hydrogens is 132 g/mol. The molecule has 0 saturated heterocycles. The SMILES string of the molecule is NNNNC(=S)S. The highest BCUT2D eigenvalue weighted by atomic mass is 32.1. The fourth-order valence-corrected chi connectivity index (χ4v) is 0.196. The largest absolute Gasteiger partial charge is 0.292 e. The van der Waals surface area contributed by atoms with Gasteiger partial charge in [0, 0.05) is 0 Å². The highest BCUT2D eigenvalue weighted by Gasteiger charge is 1.76. The Morgan fingerprint density at radius 1 is 1.71 bits per heavy atom. The van der Waals surface area contributed by atoms with Gasteiger partial charge in [0.25, 0.3) is 0 Å². The van der Waals surface area contributed by atoms with Crippen molar-refractivity contribution in [1.29, 1.82) is 0 Å². The van der Waals surface area contributed by atoms with Crippen LogP contribution in [0.2, 0.25) is 0 Å². The maximum atomic E-state index is 4.76. The number of nitrogens with one attached hydrogen (secondary N) is 3. The van der Waals surface area contributed by atoms with Crippen molar-refractivity contribution in [2.45, 2.75) is 0 Å². The molecule has 0 unspecified atom stereocenters. The third-order valence-corrected chi connectivity index (χ3v) is 0.455. The van der Waals surface area contributed by atoms with Crippen molar-refractivity contribution in [3.8, 4) is 0 Å². The lowest BCUT2D eigenvalue weighted by Crippen LogP contribution is -2.48. The van der Waals surface area contributed by atoms with Crippen LogP contribution in [0, 0.1) is 0 Å². The smallest absolute Gasteiger partial charge is 0.146 e. The zero-order chi connectivity index (χ0) is 5.70. The van der Waals surface area contributed by atoms with Crippen molar-refractivity contribution in [2.75, 3.05) is 0 Å². The molecule has 0 radical (unpaired) electrons. The lowest BCUT2D eigenvalue weighted by atomic mass is 11.5. The third-order valence-electron chi connectivity index (χ3n) is 0.242. The lowest BCUT2D eigenvalue weighted by Gasteiger charge is -2.00. The van der Waals surface area contributed by atoms with Crippen LogP contribution in [0.25, 0.3) is 0 Å². The van der Waals surface area contributed by atoms with Crippen LogP contribution in [0.4, 0.5) is 0 Å². The van der Waals surface area contributed by atoms with E-state index in [0.717, 1.165) is 0 Å². The van der Waals surface area contributed by atoms with E-state index in [0.29, 0.717) is 4.32 Å². The predicted molar refractivity (Wildman–Crippen MR) is 35.2 cm³/mol. The molecule has 0 bridgehead atoms. The van der Waals surface area contributed by atoms with E-state index in [-0.39, 0.29) is 0 Å². The van der Waals surface area contributed by atoms with Crippen LogP contribution in [-0.2, 0) is 0 Å². The highest BCUT2D eigenvalue weighted by Crippen LogP contribution is 1.69. The van der Waals surface area contributed by atoms with E-state index in [1.165, 1.54) is 0 Å². The maximum Gasteiger partial charge on any atom is 0.146 e. The number of hydrazine groups is 3. The molecule has 7 heavy (non-hydrogen) atoms. The van der Waals surface area contributed by atoms with Gasteiger partial charge < -0.3 is 0 Å². The average Bonchev–Trinajstić information content (AvgIpc) is 1.61. The van der Waals surface area contributed by atoms with Crippen LogP contribution in [-0.4, -0.2) is 4.32 Å². The first-order chi connectivity index (χ1) is 3.27. The van der Waals surface area contributed by atoms with Gasteiger partial charge in [-0.05, 0) is 0 Å². The first-order valence-corrected chi connectivity index (χ1v) is 2.32. The minimum atomic E-state index is 0.331. The Morgan fingerprint density at radius 2 is 2.29 bits per heavy atom. The number of rotatable bonds is 2. The maximum absolute atomic E-state index is 4.76. The summed E-state index contributed by atoms with van der Waals surface area (Å²) >= 11 is 8.15. The molecule has 0 aromatic heterocycles. The molecule has 5 N–H and O–H groups in total. The van der Waals surface area contributed by atoms with Gasteiger partial charge in [0.05, 0.1) is 0 Å². The first kappa shape index (κ1) is 7.12. The molecule has 6 heteroatoms. The van der Waals surface area contributed by atoms with E-state index in [2.05, 4.69) is 41.3 Å². The van der Waals surface area contributed by atoms with Gasteiger partial charge in [0.15, 0.2) is 0 Å². The van der Waals surface area contributed by atoms with Gasteiger partial charge >= 0.3 is 0 Å². The summed E-state index contributed by atoms with van der Waals surface area (Å²) < 4.78 is 0.331. The Balaban J connectivity index is 2.82. The minimum Gasteiger partial charge on any atom is -0.292 e. The summed E-state index contributed by atoms with van der Waals surface area (Å²) in [5.41, 5.74) is 6.81. The topological polar surface area (TPSA) is 62.1 Å². The number of hydrogen-bond donors (Lipinski definition) is 5. The van der Waals surface area contributed by atoms with Crippen LogP contribution < -0.4 is 22.3 Å². The molecule has 0 saturated carbocycles. The fourth-order valence-electron chi connectivity index (χ4n) is 0.0896. The second-order valence-electron chi connectivity index (χ2n) is 0.699. The van der Waals surface area contributed by atoms with E-state index >= 15 is 0 Å². The first-order valence-electron chi connectivity index (χ1n) is 1.47. The summed E-state index contributed by atoms with van der Waals surface area (Å²) in [5, 5.41) is 0. The molecular formula is CH6N4S2.